The minimum Gasteiger partial charge on any atom is -0.339 e. The van der Waals surface area contributed by atoms with Crippen molar-refractivity contribution in [3.8, 4) is 0 Å². The third-order valence-corrected chi connectivity index (χ3v) is 4.17. The number of benzene rings is 1. The molecule has 0 spiro atoms. The standard InChI is InChI=1S/C20H22N4O/c1-4-15(3)21-13-17-18(22-16-10-6-5-7-11-16)23-19-14(2)9-8-12-24(19)20(17)25/h5-13,15,22H,4H2,1-3H3/t15-/m1/s1. The number of fused-ring (bicyclic) bond motifs is 1. The Bertz CT molecular complexity index is 961. The number of para-hydroxylation sites is 1. The van der Waals surface area contributed by atoms with Gasteiger partial charge in [0.05, 0.1) is 0 Å². The van der Waals surface area contributed by atoms with Crippen LogP contribution in [-0.4, -0.2) is 21.6 Å². The summed E-state index contributed by atoms with van der Waals surface area (Å²) >= 11 is 0. The van der Waals surface area contributed by atoms with Gasteiger partial charge in [-0.15, -0.1) is 0 Å². The van der Waals surface area contributed by atoms with Crippen molar-refractivity contribution in [3.63, 3.8) is 0 Å². The van der Waals surface area contributed by atoms with Gasteiger partial charge in [0.2, 0.25) is 0 Å². The van der Waals surface area contributed by atoms with Gasteiger partial charge in [-0.1, -0.05) is 31.2 Å². The third-order valence-electron chi connectivity index (χ3n) is 4.17. The molecule has 0 radical (unpaired) electrons. The molecule has 0 aliphatic carbocycles. The summed E-state index contributed by atoms with van der Waals surface area (Å²) in [7, 11) is 0. The van der Waals surface area contributed by atoms with E-state index in [1.54, 1.807) is 16.8 Å². The van der Waals surface area contributed by atoms with Crippen LogP contribution in [0.1, 0.15) is 31.4 Å². The average Bonchev–Trinajstić information content (AvgIpc) is 2.63. The molecule has 2 aromatic heterocycles. The fourth-order valence-electron chi connectivity index (χ4n) is 2.49. The van der Waals surface area contributed by atoms with Crippen LogP contribution in [0.4, 0.5) is 11.5 Å². The summed E-state index contributed by atoms with van der Waals surface area (Å²) in [5.41, 5.74) is 2.81. The van der Waals surface area contributed by atoms with Crippen molar-refractivity contribution in [2.75, 3.05) is 5.32 Å². The zero-order valence-electron chi connectivity index (χ0n) is 14.7. The first kappa shape index (κ1) is 16.9. The van der Waals surface area contributed by atoms with Crippen molar-refractivity contribution in [2.45, 2.75) is 33.2 Å². The summed E-state index contributed by atoms with van der Waals surface area (Å²) in [5.74, 6) is 0.526. The maximum absolute atomic E-state index is 13.0. The topological polar surface area (TPSA) is 58.8 Å². The zero-order chi connectivity index (χ0) is 17.8. The minimum absolute atomic E-state index is 0.126. The lowest BCUT2D eigenvalue weighted by molar-refractivity contribution is 0.720. The largest absolute Gasteiger partial charge is 0.339 e. The van der Waals surface area contributed by atoms with Gasteiger partial charge in [0.15, 0.2) is 0 Å². The number of aryl methyl sites for hydroxylation is 1. The van der Waals surface area contributed by atoms with Crippen LogP contribution in [0.15, 0.2) is 58.4 Å². The number of anilines is 2. The number of hydrogen-bond donors (Lipinski definition) is 1. The first-order valence-corrected chi connectivity index (χ1v) is 8.47. The van der Waals surface area contributed by atoms with Crippen LogP contribution in [0.2, 0.25) is 0 Å². The third kappa shape index (κ3) is 3.60. The Balaban J connectivity index is 2.19. The van der Waals surface area contributed by atoms with E-state index in [4.69, 9.17) is 4.98 Å². The fraction of sp³-hybridized carbons (Fsp3) is 0.250. The van der Waals surface area contributed by atoms with Gasteiger partial charge in [-0.25, -0.2) is 4.98 Å². The molecule has 1 atom stereocenters. The van der Waals surface area contributed by atoms with Gasteiger partial charge >= 0.3 is 0 Å². The van der Waals surface area contributed by atoms with E-state index in [-0.39, 0.29) is 11.6 Å². The molecule has 0 saturated carbocycles. The molecule has 0 aliphatic rings. The highest BCUT2D eigenvalue weighted by atomic mass is 16.1. The quantitative estimate of drug-likeness (QED) is 0.718. The average molecular weight is 334 g/mol. The summed E-state index contributed by atoms with van der Waals surface area (Å²) in [6, 6.07) is 13.7. The Morgan fingerprint density at radius 2 is 2.00 bits per heavy atom. The molecule has 0 unspecified atom stereocenters. The van der Waals surface area contributed by atoms with Crippen LogP contribution in [0.25, 0.3) is 5.65 Å². The van der Waals surface area contributed by atoms with Crippen molar-refractivity contribution >= 4 is 23.4 Å². The molecule has 5 heteroatoms. The van der Waals surface area contributed by atoms with E-state index in [2.05, 4.69) is 17.2 Å². The highest BCUT2D eigenvalue weighted by molar-refractivity contribution is 5.88. The number of nitrogens with zero attached hydrogens (tertiary/aromatic N) is 3. The number of hydrogen-bond acceptors (Lipinski definition) is 4. The Hall–Kier alpha value is -2.95. The van der Waals surface area contributed by atoms with E-state index < -0.39 is 0 Å². The molecular formula is C20H22N4O. The number of pyridine rings is 1. The molecule has 25 heavy (non-hydrogen) atoms. The van der Waals surface area contributed by atoms with Crippen LogP contribution in [0, 0.1) is 6.92 Å². The number of aliphatic imine (C=N–C) groups is 1. The number of aromatic nitrogens is 2. The monoisotopic (exact) mass is 334 g/mol. The summed E-state index contributed by atoms with van der Waals surface area (Å²) in [5, 5.41) is 3.26. The first-order chi connectivity index (χ1) is 12.1. The molecule has 2 heterocycles. The van der Waals surface area contributed by atoms with Gasteiger partial charge in [0.25, 0.3) is 5.56 Å². The molecular weight excluding hydrogens is 312 g/mol. The molecule has 0 aliphatic heterocycles. The van der Waals surface area contributed by atoms with Gasteiger partial charge in [-0.3, -0.25) is 14.2 Å². The Kier molecular flexibility index (Phi) is 4.93. The summed E-state index contributed by atoms with van der Waals surface area (Å²) in [6.07, 6.45) is 4.30. The Labute approximate surface area is 147 Å². The first-order valence-electron chi connectivity index (χ1n) is 8.47. The summed E-state index contributed by atoms with van der Waals surface area (Å²) < 4.78 is 1.57. The van der Waals surface area contributed by atoms with Crippen LogP contribution in [0.5, 0.6) is 0 Å². The molecule has 3 rings (SSSR count). The SMILES string of the molecule is CC[C@@H](C)N=Cc1c(Nc2ccccc2)nc2c(C)cccn2c1=O. The second-order valence-corrected chi connectivity index (χ2v) is 6.09. The van der Waals surface area contributed by atoms with Crippen LogP contribution in [-0.2, 0) is 0 Å². The normalized spacial score (nSPS) is 12.6. The molecule has 128 valence electrons. The van der Waals surface area contributed by atoms with E-state index in [0.29, 0.717) is 17.0 Å². The van der Waals surface area contributed by atoms with Gasteiger partial charge in [0.1, 0.15) is 17.0 Å². The second kappa shape index (κ2) is 7.30. The van der Waals surface area contributed by atoms with E-state index in [0.717, 1.165) is 17.7 Å². The maximum Gasteiger partial charge on any atom is 0.268 e. The summed E-state index contributed by atoms with van der Waals surface area (Å²) in [6.45, 7) is 6.04. The zero-order valence-corrected chi connectivity index (χ0v) is 14.7. The van der Waals surface area contributed by atoms with Crippen molar-refractivity contribution in [3.05, 3.63) is 70.1 Å². The molecule has 0 bridgehead atoms. The molecule has 3 aromatic rings. The van der Waals surface area contributed by atoms with E-state index in [1.165, 1.54) is 0 Å². The lowest BCUT2D eigenvalue weighted by atomic mass is 10.2. The lowest BCUT2D eigenvalue weighted by Crippen LogP contribution is -2.22. The predicted molar refractivity (Wildman–Crippen MR) is 103 cm³/mol. The highest BCUT2D eigenvalue weighted by Gasteiger charge is 2.13. The molecule has 1 aromatic carbocycles. The number of rotatable bonds is 5. The van der Waals surface area contributed by atoms with E-state index in [1.807, 2.05) is 56.3 Å². The molecule has 1 N–H and O–H groups in total. The predicted octanol–water partition coefficient (Wildman–Crippen LogP) is 3.96. The van der Waals surface area contributed by atoms with Gasteiger partial charge < -0.3 is 5.32 Å². The fourth-order valence-corrected chi connectivity index (χ4v) is 2.49. The smallest absolute Gasteiger partial charge is 0.268 e. The second-order valence-electron chi connectivity index (χ2n) is 6.09. The van der Waals surface area contributed by atoms with Gasteiger partial charge in [0, 0.05) is 24.1 Å². The van der Waals surface area contributed by atoms with Crippen molar-refractivity contribution < 1.29 is 0 Å². The minimum atomic E-state index is -0.126. The number of nitrogens with one attached hydrogen (secondary N) is 1. The Morgan fingerprint density at radius 3 is 2.72 bits per heavy atom. The van der Waals surface area contributed by atoms with Gasteiger partial charge in [-0.2, -0.15) is 0 Å². The van der Waals surface area contributed by atoms with Crippen LogP contribution in [0.3, 0.4) is 0 Å². The maximum atomic E-state index is 13.0. The molecule has 0 fully saturated rings. The van der Waals surface area contributed by atoms with Crippen LogP contribution >= 0.6 is 0 Å². The highest BCUT2D eigenvalue weighted by Crippen LogP contribution is 2.18. The molecule has 0 saturated heterocycles. The Morgan fingerprint density at radius 1 is 1.24 bits per heavy atom. The van der Waals surface area contributed by atoms with Crippen molar-refractivity contribution in [1.82, 2.24) is 9.38 Å². The van der Waals surface area contributed by atoms with Gasteiger partial charge in [-0.05, 0) is 44.0 Å². The molecule has 5 nitrogen and oxygen atoms in total. The molecule has 0 amide bonds. The van der Waals surface area contributed by atoms with E-state index >= 15 is 0 Å². The lowest BCUT2D eigenvalue weighted by Gasteiger charge is -2.12. The summed E-state index contributed by atoms with van der Waals surface area (Å²) in [4.78, 5) is 22.2. The van der Waals surface area contributed by atoms with Crippen molar-refractivity contribution in [1.29, 1.82) is 0 Å². The van der Waals surface area contributed by atoms with Crippen molar-refractivity contribution in [2.24, 2.45) is 4.99 Å². The van der Waals surface area contributed by atoms with Crippen LogP contribution < -0.4 is 10.9 Å². The van der Waals surface area contributed by atoms with E-state index in [9.17, 15) is 4.79 Å².